The molecule has 17 heavy (non-hydrogen) atoms. The normalized spacial score (nSPS) is 10.8. The van der Waals surface area contributed by atoms with E-state index in [0.29, 0.717) is 6.54 Å². The average Bonchev–Trinajstić information content (AvgIpc) is 2.35. The van der Waals surface area contributed by atoms with Gasteiger partial charge in [-0.15, -0.1) is 0 Å². The Morgan fingerprint density at radius 3 is 2.76 bits per heavy atom. The zero-order valence-electron chi connectivity index (χ0n) is 10.4. The lowest BCUT2D eigenvalue weighted by Gasteiger charge is -2.11. The number of nitrogens with zero attached hydrogens (tertiary/aromatic N) is 1. The van der Waals surface area contributed by atoms with E-state index in [0.717, 1.165) is 29.8 Å². The van der Waals surface area contributed by atoms with Crippen LogP contribution in [0.1, 0.15) is 17.7 Å². The molecule has 1 heterocycles. The first kappa shape index (κ1) is 11.9. The van der Waals surface area contributed by atoms with Crippen LogP contribution in [0.2, 0.25) is 0 Å². The van der Waals surface area contributed by atoms with Gasteiger partial charge in [0.25, 0.3) is 0 Å². The summed E-state index contributed by atoms with van der Waals surface area (Å²) in [4.78, 5) is 4.53. The summed E-state index contributed by atoms with van der Waals surface area (Å²) < 4.78 is 5.41. The molecule has 0 fully saturated rings. The predicted octanol–water partition coefficient (Wildman–Crippen LogP) is 2.44. The smallest absolute Gasteiger partial charge is 0.122 e. The van der Waals surface area contributed by atoms with Crippen LogP contribution in [0.3, 0.4) is 0 Å². The van der Waals surface area contributed by atoms with Crippen molar-refractivity contribution in [2.75, 3.05) is 13.7 Å². The van der Waals surface area contributed by atoms with E-state index < -0.39 is 0 Å². The fourth-order valence-corrected chi connectivity index (χ4v) is 2.07. The number of pyridine rings is 1. The van der Waals surface area contributed by atoms with E-state index >= 15 is 0 Å². The van der Waals surface area contributed by atoms with Gasteiger partial charge >= 0.3 is 0 Å². The topological polar surface area (TPSA) is 48.1 Å². The molecule has 0 saturated heterocycles. The number of ether oxygens (including phenoxy) is 1. The van der Waals surface area contributed by atoms with Crippen molar-refractivity contribution in [3.05, 3.63) is 35.5 Å². The first-order valence-corrected chi connectivity index (χ1v) is 5.89. The summed E-state index contributed by atoms with van der Waals surface area (Å²) in [6.45, 7) is 2.70. The number of rotatable bonds is 4. The number of benzene rings is 1. The minimum Gasteiger partial charge on any atom is -0.496 e. The first-order valence-electron chi connectivity index (χ1n) is 5.89. The third-order valence-corrected chi connectivity index (χ3v) is 2.93. The standard InChI is InChI=1S/C14H18N2O/c1-10-5-6-11-12(4-3-9-15)14(17-2)8-7-13(11)16-10/h5-8H,3-4,9,15H2,1-2H3. The van der Waals surface area contributed by atoms with Gasteiger partial charge in [-0.3, -0.25) is 4.98 Å². The van der Waals surface area contributed by atoms with Crippen molar-refractivity contribution in [2.45, 2.75) is 19.8 Å². The van der Waals surface area contributed by atoms with Crippen molar-refractivity contribution in [2.24, 2.45) is 5.73 Å². The summed E-state index contributed by atoms with van der Waals surface area (Å²) in [5, 5.41) is 1.17. The Balaban J connectivity index is 2.57. The molecule has 0 spiro atoms. The third kappa shape index (κ3) is 2.39. The lowest BCUT2D eigenvalue weighted by Crippen LogP contribution is -2.02. The van der Waals surface area contributed by atoms with Crippen molar-refractivity contribution < 1.29 is 4.74 Å². The summed E-state index contributed by atoms with van der Waals surface area (Å²) in [5.41, 5.74) is 8.85. The zero-order valence-corrected chi connectivity index (χ0v) is 10.4. The molecule has 2 rings (SSSR count). The molecule has 1 aromatic heterocycles. The summed E-state index contributed by atoms with van der Waals surface area (Å²) in [7, 11) is 1.70. The van der Waals surface area contributed by atoms with E-state index in [1.165, 1.54) is 10.9 Å². The molecular formula is C14H18N2O. The monoisotopic (exact) mass is 230 g/mol. The van der Waals surface area contributed by atoms with Gasteiger partial charge in [0, 0.05) is 16.6 Å². The molecule has 3 nitrogen and oxygen atoms in total. The van der Waals surface area contributed by atoms with Crippen molar-refractivity contribution in [3.63, 3.8) is 0 Å². The van der Waals surface area contributed by atoms with Crippen LogP contribution in [0.4, 0.5) is 0 Å². The van der Waals surface area contributed by atoms with Crippen LogP contribution >= 0.6 is 0 Å². The van der Waals surface area contributed by atoms with Crippen LogP contribution in [0.25, 0.3) is 10.9 Å². The highest BCUT2D eigenvalue weighted by Gasteiger charge is 2.08. The van der Waals surface area contributed by atoms with Crippen LogP contribution < -0.4 is 10.5 Å². The maximum absolute atomic E-state index is 5.58. The second-order valence-corrected chi connectivity index (χ2v) is 4.16. The molecule has 0 amide bonds. The second kappa shape index (κ2) is 5.15. The Morgan fingerprint density at radius 2 is 2.06 bits per heavy atom. The number of aromatic nitrogens is 1. The lowest BCUT2D eigenvalue weighted by molar-refractivity contribution is 0.410. The van der Waals surface area contributed by atoms with Gasteiger partial charge in [0.1, 0.15) is 5.75 Å². The molecule has 0 saturated carbocycles. The highest BCUT2D eigenvalue weighted by atomic mass is 16.5. The first-order chi connectivity index (χ1) is 8.26. The van der Waals surface area contributed by atoms with E-state index in [1.807, 2.05) is 25.1 Å². The van der Waals surface area contributed by atoms with Crippen molar-refractivity contribution in [1.29, 1.82) is 0 Å². The Bertz CT molecular complexity index is 523. The fraction of sp³-hybridized carbons (Fsp3) is 0.357. The van der Waals surface area contributed by atoms with Gasteiger partial charge in [0.15, 0.2) is 0 Å². The number of aryl methyl sites for hydroxylation is 2. The number of fused-ring (bicyclic) bond motifs is 1. The van der Waals surface area contributed by atoms with Crippen LogP contribution in [0, 0.1) is 6.92 Å². The van der Waals surface area contributed by atoms with Crippen molar-refractivity contribution in [1.82, 2.24) is 4.98 Å². The van der Waals surface area contributed by atoms with E-state index in [2.05, 4.69) is 11.1 Å². The van der Waals surface area contributed by atoms with Crippen LogP contribution in [-0.2, 0) is 6.42 Å². The van der Waals surface area contributed by atoms with E-state index in [1.54, 1.807) is 7.11 Å². The highest BCUT2D eigenvalue weighted by Crippen LogP contribution is 2.28. The molecule has 2 aromatic rings. The fourth-order valence-electron chi connectivity index (χ4n) is 2.07. The zero-order chi connectivity index (χ0) is 12.3. The van der Waals surface area contributed by atoms with Crippen LogP contribution in [-0.4, -0.2) is 18.6 Å². The van der Waals surface area contributed by atoms with Gasteiger partial charge in [0.05, 0.1) is 12.6 Å². The summed E-state index contributed by atoms with van der Waals surface area (Å²) in [6.07, 6.45) is 1.89. The molecule has 0 bridgehead atoms. The maximum atomic E-state index is 5.58. The minimum atomic E-state index is 0.693. The number of methoxy groups -OCH3 is 1. The number of nitrogens with two attached hydrogens (primary N) is 1. The Kier molecular flexibility index (Phi) is 3.59. The SMILES string of the molecule is COc1ccc2nc(C)ccc2c1CCCN. The van der Waals surface area contributed by atoms with Gasteiger partial charge in [-0.25, -0.2) is 0 Å². The highest BCUT2D eigenvalue weighted by molar-refractivity contribution is 5.84. The molecule has 0 aliphatic rings. The van der Waals surface area contributed by atoms with E-state index in [9.17, 15) is 0 Å². The van der Waals surface area contributed by atoms with Gasteiger partial charge in [-0.1, -0.05) is 6.07 Å². The van der Waals surface area contributed by atoms with Gasteiger partial charge in [0.2, 0.25) is 0 Å². The molecule has 3 heteroatoms. The second-order valence-electron chi connectivity index (χ2n) is 4.16. The maximum Gasteiger partial charge on any atom is 0.122 e. The molecule has 1 aromatic carbocycles. The van der Waals surface area contributed by atoms with Gasteiger partial charge in [-0.05, 0) is 44.5 Å². The Hall–Kier alpha value is -1.61. The quantitative estimate of drug-likeness (QED) is 0.877. The Morgan fingerprint density at radius 1 is 1.24 bits per heavy atom. The summed E-state index contributed by atoms with van der Waals surface area (Å²) in [5.74, 6) is 0.927. The van der Waals surface area contributed by atoms with E-state index in [4.69, 9.17) is 10.5 Å². The molecule has 90 valence electrons. The summed E-state index contributed by atoms with van der Waals surface area (Å²) in [6, 6.07) is 8.15. The molecule has 0 aliphatic carbocycles. The van der Waals surface area contributed by atoms with Crippen molar-refractivity contribution >= 4 is 10.9 Å². The average molecular weight is 230 g/mol. The van der Waals surface area contributed by atoms with E-state index in [-0.39, 0.29) is 0 Å². The molecule has 0 atom stereocenters. The molecule has 0 aliphatic heterocycles. The lowest BCUT2D eigenvalue weighted by atomic mass is 10.0. The molecule has 0 radical (unpaired) electrons. The predicted molar refractivity (Wildman–Crippen MR) is 70.4 cm³/mol. The number of hydrogen-bond acceptors (Lipinski definition) is 3. The molecule has 0 unspecified atom stereocenters. The summed E-state index contributed by atoms with van der Waals surface area (Å²) >= 11 is 0. The van der Waals surface area contributed by atoms with Crippen LogP contribution in [0.5, 0.6) is 5.75 Å². The largest absolute Gasteiger partial charge is 0.496 e. The Labute approximate surface area is 102 Å². The number of hydrogen-bond donors (Lipinski definition) is 1. The minimum absolute atomic E-state index is 0.693. The van der Waals surface area contributed by atoms with Gasteiger partial charge < -0.3 is 10.5 Å². The van der Waals surface area contributed by atoms with Gasteiger partial charge in [-0.2, -0.15) is 0 Å². The molecular weight excluding hydrogens is 212 g/mol. The third-order valence-electron chi connectivity index (χ3n) is 2.93. The van der Waals surface area contributed by atoms with Crippen molar-refractivity contribution in [3.8, 4) is 5.75 Å². The van der Waals surface area contributed by atoms with Crippen LogP contribution in [0.15, 0.2) is 24.3 Å². The molecule has 2 N–H and O–H groups in total.